The van der Waals surface area contributed by atoms with Crippen molar-refractivity contribution in [1.29, 1.82) is 0 Å². The lowest BCUT2D eigenvalue weighted by Crippen LogP contribution is -2.36. The zero-order chi connectivity index (χ0) is 21.8. The van der Waals surface area contributed by atoms with E-state index in [-0.39, 0.29) is 30.9 Å². The van der Waals surface area contributed by atoms with Crippen LogP contribution in [0, 0.1) is 5.82 Å². The standard InChI is InChI=1S/C22H23FN4O4/c1-2-31-22(29)14-27-13-16-10-15(17(23)12-19(16)25-27)11-20(28)18-4-3-5-21(24-18)26-6-8-30-9-7-26/h3-5,10,12-13H,2,6-9,11,14H2,1H3. The molecule has 1 fully saturated rings. The predicted molar refractivity (Wildman–Crippen MR) is 112 cm³/mol. The Morgan fingerprint density at radius 3 is 2.81 bits per heavy atom. The summed E-state index contributed by atoms with van der Waals surface area (Å²) in [5.41, 5.74) is 0.957. The third kappa shape index (κ3) is 4.88. The number of ketones is 1. The summed E-state index contributed by atoms with van der Waals surface area (Å²) < 4.78 is 26.3. The maximum atomic E-state index is 14.6. The number of hydrogen-bond donors (Lipinski definition) is 0. The number of benzene rings is 1. The van der Waals surface area contributed by atoms with Crippen molar-refractivity contribution in [1.82, 2.24) is 14.8 Å². The van der Waals surface area contributed by atoms with Gasteiger partial charge in [-0.05, 0) is 30.7 Å². The highest BCUT2D eigenvalue weighted by Gasteiger charge is 2.17. The molecule has 9 heteroatoms. The van der Waals surface area contributed by atoms with Gasteiger partial charge < -0.3 is 14.4 Å². The van der Waals surface area contributed by atoms with Gasteiger partial charge in [0.05, 0.1) is 25.3 Å². The Morgan fingerprint density at radius 2 is 2.03 bits per heavy atom. The van der Waals surface area contributed by atoms with Gasteiger partial charge in [0.2, 0.25) is 0 Å². The highest BCUT2D eigenvalue weighted by molar-refractivity contribution is 5.96. The van der Waals surface area contributed by atoms with Gasteiger partial charge in [0.15, 0.2) is 5.78 Å². The second-order valence-corrected chi connectivity index (χ2v) is 7.21. The first-order valence-electron chi connectivity index (χ1n) is 10.2. The third-order valence-corrected chi connectivity index (χ3v) is 5.02. The summed E-state index contributed by atoms with van der Waals surface area (Å²) in [5, 5.41) is 4.84. The number of nitrogens with zero attached hydrogens (tertiary/aromatic N) is 4. The number of pyridine rings is 1. The van der Waals surface area contributed by atoms with Gasteiger partial charge in [-0.1, -0.05) is 6.07 Å². The van der Waals surface area contributed by atoms with Gasteiger partial charge in [0, 0.05) is 37.2 Å². The summed E-state index contributed by atoms with van der Waals surface area (Å²) in [6, 6.07) is 8.14. The van der Waals surface area contributed by atoms with Crippen LogP contribution in [0.1, 0.15) is 23.0 Å². The topological polar surface area (TPSA) is 86.5 Å². The Balaban J connectivity index is 1.51. The van der Waals surface area contributed by atoms with Gasteiger partial charge in [-0.3, -0.25) is 14.3 Å². The molecule has 0 atom stereocenters. The number of carbonyl (C=O) groups is 2. The van der Waals surface area contributed by atoms with Crippen LogP contribution in [0.2, 0.25) is 0 Å². The SMILES string of the molecule is CCOC(=O)Cn1cc2cc(CC(=O)c3cccc(N4CCOCC4)n3)c(F)cc2n1. The zero-order valence-corrected chi connectivity index (χ0v) is 17.2. The third-order valence-electron chi connectivity index (χ3n) is 5.02. The number of rotatable bonds is 7. The Hall–Kier alpha value is -3.33. The Labute approximate surface area is 178 Å². The number of aromatic nitrogens is 3. The van der Waals surface area contributed by atoms with Crippen molar-refractivity contribution in [3.05, 3.63) is 53.6 Å². The van der Waals surface area contributed by atoms with Crippen molar-refractivity contribution in [2.24, 2.45) is 0 Å². The summed E-state index contributed by atoms with van der Waals surface area (Å²) in [6.45, 7) is 4.61. The number of anilines is 1. The van der Waals surface area contributed by atoms with E-state index in [1.165, 1.54) is 10.7 Å². The van der Waals surface area contributed by atoms with Gasteiger partial charge in [-0.15, -0.1) is 0 Å². The molecule has 31 heavy (non-hydrogen) atoms. The van der Waals surface area contributed by atoms with Crippen LogP contribution in [0.15, 0.2) is 36.5 Å². The van der Waals surface area contributed by atoms with Crippen LogP contribution in [-0.2, 0) is 27.2 Å². The van der Waals surface area contributed by atoms with E-state index in [1.807, 2.05) is 6.07 Å². The lowest BCUT2D eigenvalue weighted by Gasteiger charge is -2.27. The van der Waals surface area contributed by atoms with Crippen LogP contribution >= 0.6 is 0 Å². The number of carbonyl (C=O) groups excluding carboxylic acids is 2. The first-order valence-corrected chi connectivity index (χ1v) is 10.2. The molecule has 4 rings (SSSR count). The van der Waals surface area contributed by atoms with Gasteiger partial charge in [-0.2, -0.15) is 5.10 Å². The number of ether oxygens (including phenoxy) is 2. The molecule has 1 aromatic carbocycles. The van der Waals surface area contributed by atoms with E-state index in [4.69, 9.17) is 9.47 Å². The van der Waals surface area contributed by atoms with Crippen molar-refractivity contribution in [2.45, 2.75) is 19.9 Å². The summed E-state index contributed by atoms with van der Waals surface area (Å²) in [5.74, 6) is -0.499. The molecule has 0 radical (unpaired) electrons. The molecule has 0 unspecified atom stereocenters. The molecule has 1 saturated heterocycles. The number of esters is 1. The predicted octanol–water partition coefficient (Wildman–Crippen LogP) is 2.40. The number of fused-ring (bicyclic) bond motifs is 1. The average Bonchev–Trinajstić information content (AvgIpc) is 3.15. The molecule has 162 valence electrons. The molecule has 0 amide bonds. The van der Waals surface area contributed by atoms with Crippen molar-refractivity contribution in [2.75, 3.05) is 37.8 Å². The number of morpholine rings is 1. The zero-order valence-electron chi connectivity index (χ0n) is 17.2. The molecule has 0 bridgehead atoms. The molecule has 0 spiro atoms. The Bertz CT molecular complexity index is 1110. The average molecular weight is 426 g/mol. The molecular weight excluding hydrogens is 403 g/mol. The molecule has 0 saturated carbocycles. The fraction of sp³-hybridized carbons (Fsp3) is 0.364. The normalized spacial score (nSPS) is 14.1. The second-order valence-electron chi connectivity index (χ2n) is 7.21. The van der Waals surface area contributed by atoms with Crippen LogP contribution < -0.4 is 4.90 Å². The van der Waals surface area contributed by atoms with Gasteiger partial charge in [-0.25, -0.2) is 9.37 Å². The van der Waals surface area contributed by atoms with Crippen molar-refractivity contribution in [3.63, 3.8) is 0 Å². The van der Waals surface area contributed by atoms with E-state index in [0.29, 0.717) is 48.7 Å². The molecule has 1 aliphatic rings. The van der Waals surface area contributed by atoms with Crippen LogP contribution in [0.5, 0.6) is 0 Å². The summed E-state index contributed by atoms with van der Waals surface area (Å²) in [7, 11) is 0. The van der Waals surface area contributed by atoms with E-state index in [2.05, 4.69) is 15.0 Å². The van der Waals surface area contributed by atoms with Crippen LogP contribution in [0.3, 0.4) is 0 Å². The molecule has 8 nitrogen and oxygen atoms in total. The number of hydrogen-bond acceptors (Lipinski definition) is 7. The lowest BCUT2D eigenvalue weighted by atomic mass is 10.0. The minimum absolute atomic E-state index is 0.0589. The molecule has 1 aliphatic heterocycles. The minimum Gasteiger partial charge on any atom is -0.465 e. The van der Waals surface area contributed by atoms with E-state index in [0.717, 1.165) is 0 Å². The molecular formula is C22H23FN4O4. The maximum Gasteiger partial charge on any atom is 0.327 e. The highest BCUT2D eigenvalue weighted by Crippen LogP contribution is 2.21. The monoisotopic (exact) mass is 426 g/mol. The van der Waals surface area contributed by atoms with Crippen molar-refractivity contribution in [3.8, 4) is 0 Å². The second kappa shape index (κ2) is 9.22. The summed E-state index contributed by atoms with van der Waals surface area (Å²) in [4.78, 5) is 31.0. The van der Waals surface area contributed by atoms with Crippen LogP contribution in [-0.4, -0.2) is 59.4 Å². The number of halogens is 1. The Morgan fingerprint density at radius 1 is 1.23 bits per heavy atom. The quantitative estimate of drug-likeness (QED) is 0.424. The molecule has 0 N–H and O–H groups in total. The molecule has 3 aromatic rings. The fourth-order valence-electron chi connectivity index (χ4n) is 3.51. The summed E-state index contributed by atoms with van der Waals surface area (Å²) in [6.07, 6.45) is 1.52. The molecule has 2 aromatic heterocycles. The van der Waals surface area contributed by atoms with E-state index in [1.54, 1.807) is 31.3 Å². The smallest absolute Gasteiger partial charge is 0.327 e. The van der Waals surface area contributed by atoms with Gasteiger partial charge >= 0.3 is 5.97 Å². The first kappa shape index (κ1) is 20.9. The number of Topliss-reactive ketones (excluding diaryl/α,β-unsaturated/α-hetero) is 1. The maximum absolute atomic E-state index is 14.6. The largest absolute Gasteiger partial charge is 0.465 e. The Kier molecular flexibility index (Phi) is 6.22. The molecule has 3 heterocycles. The fourth-order valence-corrected chi connectivity index (χ4v) is 3.51. The van der Waals surface area contributed by atoms with Crippen LogP contribution in [0.4, 0.5) is 10.2 Å². The lowest BCUT2D eigenvalue weighted by molar-refractivity contribution is -0.144. The van der Waals surface area contributed by atoms with Crippen molar-refractivity contribution < 1.29 is 23.5 Å². The van der Waals surface area contributed by atoms with Gasteiger partial charge in [0.25, 0.3) is 0 Å². The van der Waals surface area contributed by atoms with Gasteiger partial charge in [0.1, 0.15) is 23.9 Å². The summed E-state index contributed by atoms with van der Waals surface area (Å²) >= 11 is 0. The molecule has 0 aliphatic carbocycles. The van der Waals surface area contributed by atoms with Crippen molar-refractivity contribution >= 4 is 28.5 Å². The van der Waals surface area contributed by atoms with Crippen LogP contribution in [0.25, 0.3) is 10.9 Å². The highest BCUT2D eigenvalue weighted by atomic mass is 19.1. The van der Waals surface area contributed by atoms with E-state index < -0.39 is 11.8 Å². The minimum atomic E-state index is -0.522. The van der Waals surface area contributed by atoms with E-state index in [9.17, 15) is 14.0 Å². The first-order chi connectivity index (χ1) is 15.0. The van der Waals surface area contributed by atoms with E-state index >= 15 is 0 Å².